The molecule has 0 bridgehead atoms. The number of aryl methyl sites for hydroxylation is 1. The molecule has 0 saturated heterocycles. The van der Waals surface area contributed by atoms with Gasteiger partial charge in [-0.1, -0.05) is 38.5 Å². The van der Waals surface area contributed by atoms with Gasteiger partial charge in [-0.05, 0) is 45.6 Å². The monoisotopic (exact) mass is 277 g/mol. The maximum absolute atomic E-state index is 6.11. The molecule has 0 amide bonds. The number of hydrogen-bond donors (Lipinski definition) is 1. The molecule has 1 aromatic carbocycles. The Labute approximate surface area is 124 Å². The van der Waals surface area contributed by atoms with Gasteiger partial charge in [-0.2, -0.15) is 0 Å². The van der Waals surface area contributed by atoms with Crippen molar-refractivity contribution < 1.29 is 4.74 Å². The topological polar surface area (TPSA) is 21.3 Å². The van der Waals surface area contributed by atoms with Crippen molar-refractivity contribution in [2.24, 2.45) is 5.92 Å². The minimum absolute atomic E-state index is 0.122. The van der Waals surface area contributed by atoms with E-state index in [0.29, 0.717) is 5.92 Å². The molecular formula is C18H31NO. The van der Waals surface area contributed by atoms with Crippen LogP contribution in [-0.4, -0.2) is 12.1 Å². The quantitative estimate of drug-likeness (QED) is 0.780. The van der Waals surface area contributed by atoms with Gasteiger partial charge in [0.25, 0.3) is 0 Å². The summed E-state index contributed by atoms with van der Waals surface area (Å²) in [6, 6.07) is 6.39. The van der Waals surface area contributed by atoms with E-state index in [1.165, 1.54) is 24.0 Å². The normalized spacial score (nSPS) is 13.3. The standard InChI is InChI=1S/C18H31NO/c1-7-9-14(2)13-20-17-15(3)10-8-11-16(17)12-19-18(4,5)6/h8,10-11,14,19H,7,9,12-13H2,1-6H3. The summed E-state index contributed by atoms with van der Waals surface area (Å²) >= 11 is 0. The van der Waals surface area contributed by atoms with Crippen molar-refractivity contribution in [2.75, 3.05) is 6.61 Å². The first-order valence-corrected chi connectivity index (χ1v) is 7.79. The highest BCUT2D eigenvalue weighted by Gasteiger charge is 2.13. The molecule has 20 heavy (non-hydrogen) atoms. The van der Waals surface area contributed by atoms with Gasteiger partial charge in [-0.25, -0.2) is 0 Å². The molecule has 0 radical (unpaired) electrons. The lowest BCUT2D eigenvalue weighted by Crippen LogP contribution is -2.35. The third-order valence-corrected chi connectivity index (χ3v) is 3.40. The van der Waals surface area contributed by atoms with Gasteiger partial charge in [0.05, 0.1) is 6.61 Å². The minimum atomic E-state index is 0.122. The molecule has 114 valence electrons. The number of para-hydroxylation sites is 1. The van der Waals surface area contributed by atoms with E-state index in [4.69, 9.17) is 4.74 Å². The molecule has 0 spiro atoms. The summed E-state index contributed by atoms with van der Waals surface area (Å²) in [4.78, 5) is 0. The Morgan fingerprint density at radius 1 is 1.25 bits per heavy atom. The van der Waals surface area contributed by atoms with Crippen molar-refractivity contribution in [1.29, 1.82) is 0 Å². The Morgan fingerprint density at radius 3 is 2.55 bits per heavy atom. The third kappa shape index (κ3) is 5.96. The zero-order valence-electron chi connectivity index (χ0n) is 14.0. The van der Waals surface area contributed by atoms with E-state index < -0.39 is 0 Å². The maximum Gasteiger partial charge on any atom is 0.126 e. The summed E-state index contributed by atoms with van der Waals surface area (Å²) in [6.45, 7) is 14.8. The summed E-state index contributed by atoms with van der Waals surface area (Å²) in [5.74, 6) is 1.68. The van der Waals surface area contributed by atoms with E-state index in [0.717, 1.165) is 18.9 Å². The fourth-order valence-electron chi connectivity index (χ4n) is 2.22. The summed E-state index contributed by atoms with van der Waals surface area (Å²) < 4.78 is 6.11. The number of ether oxygens (including phenoxy) is 1. The van der Waals surface area contributed by atoms with Crippen molar-refractivity contribution in [2.45, 2.75) is 66.5 Å². The van der Waals surface area contributed by atoms with Crippen LogP contribution >= 0.6 is 0 Å². The molecule has 0 heterocycles. The summed E-state index contributed by atoms with van der Waals surface area (Å²) in [7, 11) is 0. The van der Waals surface area contributed by atoms with Crippen molar-refractivity contribution >= 4 is 0 Å². The van der Waals surface area contributed by atoms with E-state index in [-0.39, 0.29) is 5.54 Å². The lowest BCUT2D eigenvalue weighted by Gasteiger charge is -2.23. The molecule has 1 aromatic rings. The molecule has 2 heteroatoms. The predicted molar refractivity (Wildman–Crippen MR) is 87.3 cm³/mol. The highest BCUT2D eigenvalue weighted by molar-refractivity contribution is 5.40. The average Bonchev–Trinajstić information content (AvgIpc) is 2.34. The molecule has 0 fully saturated rings. The van der Waals surface area contributed by atoms with Gasteiger partial charge in [0, 0.05) is 17.6 Å². The Morgan fingerprint density at radius 2 is 1.95 bits per heavy atom. The van der Waals surface area contributed by atoms with Gasteiger partial charge in [0.1, 0.15) is 5.75 Å². The minimum Gasteiger partial charge on any atom is -0.493 e. The SMILES string of the molecule is CCCC(C)COc1c(C)cccc1CNC(C)(C)C. The smallest absolute Gasteiger partial charge is 0.126 e. The molecule has 1 N–H and O–H groups in total. The second kappa shape index (κ2) is 7.68. The molecule has 1 unspecified atom stereocenters. The Balaban J connectivity index is 2.72. The highest BCUT2D eigenvalue weighted by Crippen LogP contribution is 2.25. The summed E-state index contributed by atoms with van der Waals surface area (Å²) in [5.41, 5.74) is 2.60. The molecule has 0 aromatic heterocycles. The van der Waals surface area contributed by atoms with Crippen molar-refractivity contribution in [3.05, 3.63) is 29.3 Å². The molecule has 0 aliphatic rings. The van der Waals surface area contributed by atoms with Crippen LogP contribution in [0.5, 0.6) is 5.75 Å². The summed E-state index contributed by atoms with van der Waals surface area (Å²) in [5, 5.41) is 3.54. The van der Waals surface area contributed by atoms with Crippen LogP contribution in [0.4, 0.5) is 0 Å². The van der Waals surface area contributed by atoms with Crippen LogP contribution in [0.1, 0.15) is 58.6 Å². The van der Waals surface area contributed by atoms with Crippen molar-refractivity contribution in [1.82, 2.24) is 5.32 Å². The Kier molecular flexibility index (Phi) is 6.54. The average molecular weight is 277 g/mol. The largest absolute Gasteiger partial charge is 0.493 e. The summed E-state index contributed by atoms with van der Waals surface area (Å²) in [6.07, 6.45) is 2.44. The molecule has 0 saturated carbocycles. The highest BCUT2D eigenvalue weighted by atomic mass is 16.5. The fraction of sp³-hybridized carbons (Fsp3) is 0.667. The number of rotatable bonds is 7. The molecule has 0 aliphatic carbocycles. The van der Waals surface area contributed by atoms with Crippen LogP contribution in [0.2, 0.25) is 0 Å². The first-order valence-electron chi connectivity index (χ1n) is 7.79. The lowest BCUT2D eigenvalue weighted by atomic mass is 10.1. The molecule has 0 aliphatic heterocycles. The van der Waals surface area contributed by atoms with Gasteiger partial charge in [0.2, 0.25) is 0 Å². The second-order valence-corrected chi connectivity index (χ2v) is 6.87. The number of nitrogens with one attached hydrogen (secondary N) is 1. The van der Waals surface area contributed by atoms with Crippen LogP contribution in [-0.2, 0) is 6.54 Å². The van der Waals surface area contributed by atoms with Crippen molar-refractivity contribution in [3.63, 3.8) is 0 Å². The van der Waals surface area contributed by atoms with E-state index in [9.17, 15) is 0 Å². The third-order valence-electron chi connectivity index (χ3n) is 3.40. The zero-order valence-corrected chi connectivity index (χ0v) is 14.0. The van der Waals surface area contributed by atoms with Crippen LogP contribution < -0.4 is 10.1 Å². The van der Waals surface area contributed by atoms with Crippen LogP contribution in [0.15, 0.2) is 18.2 Å². The molecular weight excluding hydrogens is 246 g/mol. The van der Waals surface area contributed by atoms with Gasteiger partial charge >= 0.3 is 0 Å². The zero-order chi connectivity index (χ0) is 15.2. The van der Waals surface area contributed by atoms with E-state index in [2.05, 4.69) is 65.1 Å². The maximum atomic E-state index is 6.11. The fourth-order valence-corrected chi connectivity index (χ4v) is 2.22. The number of hydrogen-bond acceptors (Lipinski definition) is 2. The Bertz CT molecular complexity index is 406. The van der Waals surface area contributed by atoms with Crippen LogP contribution in [0, 0.1) is 12.8 Å². The first kappa shape index (κ1) is 17.0. The van der Waals surface area contributed by atoms with E-state index >= 15 is 0 Å². The van der Waals surface area contributed by atoms with Gasteiger partial charge in [-0.15, -0.1) is 0 Å². The molecule has 2 nitrogen and oxygen atoms in total. The van der Waals surface area contributed by atoms with Gasteiger partial charge in [0.15, 0.2) is 0 Å². The molecule has 1 atom stereocenters. The van der Waals surface area contributed by atoms with E-state index in [1.54, 1.807) is 0 Å². The van der Waals surface area contributed by atoms with E-state index in [1.807, 2.05) is 0 Å². The first-order chi connectivity index (χ1) is 9.33. The Hall–Kier alpha value is -1.02. The lowest BCUT2D eigenvalue weighted by molar-refractivity contribution is 0.247. The van der Waals surface area contributed by atoms with Gasteiger partial charge < -0.3 is 10.1 Å². The number of benzene rings is 1. The predicted octanol–water partition coefficient (Wildman–Crippen LogP) is 4.70. The van der Waals surface area contributed by atoms with Crippen molar-refractivity contribution in [3.8, 4) is 5.75 Å². The van der Waals surface area contributed by atoms with Crippen LogP contribution in [0.3, 0.4) is 0 Å². The second-order valence-electron chi connectivity index (χ2n) is 6.87. The van der Waals surface area contributed by atoms with Gasteiger partial charge in [-0.3, -0.25) is 0 Å². The molecule has 1 rings (SSSR count). The van der Waals surface area contributed by atoms with Crippen LogP contribution in [0.25, 0.3) is 0 Å².